The van der Waals surface area contributed by atoms with E-state index in [0.717, 1.165) is 24.4 Å². The zero-order valence-electron chi connectivity index (χ0n) is 10.4. The fraction of sp³-hybridized carbons (Fsp3) is 0.200. The van der Waals surface area contributed by atoms with E-state index in [2.05, 4.69) is 17.4 Å². The van der Waals surface area contributed by atoms with E-state index in [9.17, 15) is 0 Å². The molecule has 0 bridgehead atoms. The molecule has 98 valence electrons. The van der Waals surface area contributed by atoms with Crippen LogP contribution >= 0.6 is 11.6 Å². The highest BCUT2D eigenvalue weighted by molar-refractivity contribution is 6.33. The van der Waals surface area contributed by atoms with E-state index in [1.165, 1.54) is 5.56 Å². The smallest absolute Gasteiger partial charge is 0.231 e. The van der Waals surface area contributed by atoms with E-state index in [1.807, 2.05) is 24.3 Å². The normalized spacial score (nSPS) is 12.5. The van der Waals surface area contributed by atoms with E-state index in [1.54, 1.807) is 6.07 Å². The van der Waals surface area contributed by atoms with Crippen molar-refractivity contribution in [2.45, 2.75) is 6.42 Å². The van der Waals surface area contributed by atoms with Crippen molar-refractivity contribution in [1.29, 1.82) is 0 Å². The Morgan fingerprint density at radius 1 is 1.05 bits per heavy atom. The molecular weight excluding hydrogens is 262 g/mol. The maximum atomic E-state index is 6.19. The molecule has 1 aliphatic heterocycles. The lowest BCUT2D eigenvalue weighted by Crippen LogP contribution is -2.05. The molecule has 2 aromatic rings. The number of hydrogen-bond acceptors (Lipinski definition) is 3. The molecule has 0 radical (unpaired) electrons. The topological polar surface area (TPSA) is 30.5 Å². The Morgan fingerprint density at radius 3 is 2.58 bits per heavy atom. The van der Waals surface area contributed by atoms with Gasteiger partial charge < -0.3 is 14.8 Å². The van der Waals surface area contributed by atoms with Gasteiger partial charge in [-0.2, -0.15) is 0 Å². The van der Waals surface area contributed by atoms with E-state index in [0.29, 0.717) is 10.8 Å². The Labute approximate surface area is 117 Å². The van der Waals surface area contributed by atoms with Crippen LogP contribution in [0.5, 0.6) is 11.5 Å². The van der Waals surface area contributed by atoms with Gasteiger partial charge in [-0.25, -0.2) is 0 Å². The average molecular weight is 276 g/mol. The van der Waals surface area contributed by atoms with Crippen molar-refractivity contribution in [1.82, 2.24) is 0 Å². The summed E-state index contributed by atoms with van der Waals surface area (Å²) in [7, 11) is 0. The molecular formula is C15H14ClNO2. The Hall–Kier alpha value is -1.87. The summed E-state index contributed by atoms with van der Waals surface area (Å²) in [6, 6.07) is 14.0. The van der Waals surface area contributed by atoms with Crippen LogP contribution in [-0.4, -0.2) is 13.3 Å². The molecule has 0 unspecified atom stereocenters. The number of ether oxygens (including phenoxy) is 2. The summed E-state index contributed by atoms with van der Waals surface area (Å²) >= 11 is 6.19. The van der Waals surface area contributed by atoms with Gasteiger partial charge in [0.1, 0.15) is 0 Å². The molecule has 1 aliphatic rings. The van der Waals surface area contributed by atoms with E-state index in [-0.39, 0.29) is 6.79 Å². The summed E-state index contributed by atoms with van der Waals surface area (Å²) in [5.74, 6) is 1.45. The first-order valence-electron chi connectivity index (χ1n) is 6.20. The predicted molar refractivity (Wildman–Crippen MR) is 76.2 cm³/mol. The van der Waals surface area contributed by atoms with Gasteiger partial charge in [0.25, 0.3) is 0 Å². The molecule has 1 N–H and O–H groups in total. The van der Waals surface area contributed by atoms with Crippen LogP contribution in [0.4, 0.5) is 5.69 Å². The third kappa shape index (κ3) is 2.76. The van der Waals surface area contributed by atoms with Crippen LogP contribution in [0.15, 0.2) is 42.5 Å². The van der Waals surface area contributed by atoms with Crippen molar-refractivity contribution < 1.29 is 9.47 Å². The first kappa shape index (κ1) is 12.2. The van der Waals surface area contributed by atoms with Gasteiger partial charge in [-0.15, -0.1) is 0 Å². The Balaban J connectivity index is 1.64. The minimum atomic E-state index is 0.263. The molecule has 0 atom stereocenters. The minimum Gasteiger partial charge on any atom is -0.454 e. The molecule has 1 heterocycles. The third-order valence-electron chi connectivity index (χ3n) is 3.03. The lowest BCUT2D eigenvalue weighted by Gasteiger charge is -2.09. The third-order valence-corrected chi connectivity index (χ3v) is 3.35. The van der Waals surface area contributed by atoms with Crippen molar-refractivity contribution in [3.63, 3.8) is 0 Å². The van der Waals surface area contributed by atoms with Crippen molar-refractivity contribution >= 4 is 17.3 Å². The SMILES string of the molecule is Clc1cc2c(cc1NCCc1ccccc1)OCO2. The maximum absolute atomic E-state index is 6.19. The number of benzene rings is 2. The molecule has 0 aliphatic carbocycles. The largest absolute Gasteiger partial charge is 0.454 e. The van der Waals surface area contributed by atoms with E-state index >= 15 is 0 Å². The number of nitrogens with one attached hydrogen (secondary N) is 1. The van der Waals surface area contributed by atoms with Crippen molar-refractivity contribution in [3.05, 3.63) is 53.1 Å². The van der Waals surface area contributed by atoms with Gasteiger partial charge in [0.05, 0.1) is 10.7 Å². The number of fused-ring (bicyclic) bond motifs is 1. The molecule has 3 rings (SSSR count). The Kier molecular flexibility index (Phi) is 3.47. The highest BCUT2D eigenvalue weighted by Gasteiger charge is 2.16. The molecule has 0 fully saturated rings. The van der Waals surface area contributed by atoms with E-state index in [4.69, 9.17) is 21.1 Å². The van der Waals surface area contributed by atoms with Gasteiger partial charge in [-0.3, -0.25) is 0 Å². The molecule has 4 heteroatoms. The fourth-order valence-corrected chi connectivity index (χ4v) is 2.26. The lowest BCUT2D eigenvalue weighted by atomic mass is 10.1. The zero-order valence-corrected chi connectivity index (χ0v) is 11.1. The molecule has 2 aromatic carbocycles. The van der Waals surface area contributed by atoms with Gasteiger partial charge in [0.2, 0.25) is 6.79 Å². The summed E-state index contributed by atoms with van der Waals surface area (Å²) in [4.78, 5) is 0. The van der Waals surface area contributed by atoms with E-state index < -0.39 is 0 Å². The van der Waals surface area contributed by atoms with Crippen LogP contribution in [0.1, 0.15) is 5.56 Å². The number of anilines is 1. The first-order valence-corrected chi connectivity index (χ1v) is 6.58. The molecule has 0 spiro atoms. The summed E-state index contributed by atoms with van der Waals surface area (Å²) < 4.78 is 10.6. The maximum Gasteiger partial charge on any atom is 0.231 e. The quantitative estimate of drug-likeness (QED) is 0.922. The van der Waals surface area contributed by atoms with Crippen molar-refractivity contribution in [2.24, 2.45) is 0 Å². The predicted octanol–water partition coefficient (Wildman–Crippen LogP) is 3.72. The van der Waals surface area contributed by atoms with Crippen LogP contribution in [0.25, 0.3) is 0 Å². The summed E-state index contributed by atoms with van der Waals surface area (Å²) in [6.07, 6.45) is 0.950. The van der Waals surface area contributed by atoms with Crippen molar-refractivity contribution in [2.75, 3.05) is 18.7 Å². The molecule has 0 saturated carbocycles. The van der Waals surface area contributed by atoms with Crippen molar-refractivity contribution in [3.8, 4) is 11.5 Å². The summed E-state index contributed by atoms with van der Waals surface area (Å²) in [5.41, 5.74) is 2.17. The lowest BCUT2D eigenvalue weighted by molar-refractivity contribution is 0.174. The average Bonchev–Trinajstić information content (AvgIpc) is 2.87. The van der Waals surface area contributed by atoms with Gasteiger partial charge in [-0.1, -0.05) is 41.9 Å². The molecule has 0 aromatic heterocycles. The van der Waals surface area contributed by atoms with Crippen LogP contribution in [0.3, 0.4) is 0 Å². The Morgan fingerprint density at radius 2 is 1.79 bits per heavy atom. The molecule has 0 amide bonds. The second kappa shape index (κ2) is 5.41. The van der Waals surface area contributed by atoms with Crippen LogP contribution in [-0.2, 0) is 6.42 Å². The first-order chi connectivity index (χ1) is 9.33. The highest BCUT2D eigenvalue weighted by Crippen LogP contribution is 2.39. The second-order valence-corrected chi connectivity index (χ2v) is 4.75. The minimum absolute atomic E-state index is 0.263. The van der Waals surface area contributed by atoms with Crippen LogP contribution in [0.2, 0.25) is 5.02 Å². The van der Waals surface area contributed by atoms with Gasteiger partial charge in [-0.05, 0) is 12.0 Å². The monoisotopic (exact) mass is 275 g/mol. The van der Waals surface area contributed by atoms with Crippen LogP contribution < -0.4 is 14.8 Å². The summed E-state index contributed by atoms with van der Waals surface area (Å²) in [6.45, 7) is 1.09. The summed E-state index contributed by atoms with van der Waals surface area (Å²) in [5, 5.41) is 3.97. The van der Waals surface area contributed by atoms with Crippen LogP contribution in [0, 0.1) is 0 Å². The standard InChI is InChI=1S/C15H14ClNO2/c16-12-8-14-15(19-10-18-14)9-13(12)17-7-6-11-4-2-1-3-5-11/h1-5,8-9,17H,6-7,10H2. The number of hydrogen-bond donors (Lipinski definition) is 1. The number of rotatable bonds is 4. The fourth-order valence-electron chi connectivity index (χ4n) is 2.04. The molecule has 0 saturated heterocycles. The zero-order chi connectivity index (χ0) is 13.1. The van der Waals surface area contributed by atoms with Gasteiger partial charge in [0.15, 0.2) is 11.5 Å². The van der Waals surface area contributed by atoms with Gasteiger partial charge in [0, 0.05) is 18.7 Å². The number of halogens is 1. The highest BCUT2D eigenvalue weighted by atomic mass is 35.5. The molecule has 19 heavy (non-hydrogen) atoms. The molecule has 3 nitrogen and oxygen atoms in total. The Bertz CT molecular complexity index is 572. The van der Waals surface area contributed by atoms with Gasteiger partial charge >= 0.3 is 0 Å². The second-order valence-electron chi connectivity index (χ2n) is 4.35.